The van der Waals surface area contributed by atoms with Gasteiger partial charge in [-0.25, -0.2) is 0 Å². The van der Waals surface area contributed by atoms with Crippen molar-refractivity contribution in [1.82, 2.24) is 4.90 Å². The summed E-state index contributed by atoms with van der Waals surface area (Å²) >= 11 is 0. The number of β-amino-alcohol motifs (C(OH)–C–C–N with tert-alkyl or cyclic N) is 1. The van der Waals surface area contributed by atoms with E-state index in [1.54, 1.807) is 13.2 Å². The molecule has 0 bridgehead atoms. The SMILES string of the molecule is COC(=O)C1COCCN1CC(O)c1cccc(OC)c1. The highest BCUT2D eigenvalue weighted by Gasteiger charge is 2.31. The second-order valence-corrected chi connectivity index (χ2v) is 4.90. The lowest BCUT2D eigenvalue weighted by atomic mass is 10.1. The second-order valence-electron chi connectivity index (χ2n) is 4.90. The Morgan fingerprint density at radius 1 is 1.52 bits per heavy atom. The zero-order valence-electron chi connectivity index (χ0n) is 12.3. The van der Waals surface area contributed by atoms with Gasteiger partial charge in [-0.2, -0.15) is 0 Å². The molecule has 1 heterocycles. The smallest absolute Gasteiger partial charge is 0.325 e. The van der Waals surface area contributed by atoms with Crippen LogP contribution in [-0.2, 0) is 14.3 Å². The summed E-state index contributed by atoms with van der Waals surface area (Å²) in [6.45, 7) is 1.76. The van der Waals surface area contributed by atoms with Crippen molar-refractivity contribution in [2.24, 2.45) is 0 Å². The fourth-order valence-electron chi connectivity index (χ4n) is 2.39. The Morgan fingerprint density at radius 2 is 2.33 bits per heavy atom. The Hall–Kier alpha value is -1.63. The summed E-state index contributed by atoms with van der Waals surface area (Å²) in [5, 5.41) is 10.4. The molecule has 1 aliphatic rings. The van der Waals surface area contributed by atoms with Crippen LogP contribution in [0.3, 0.4) is 0 Å². The zero-order chi connectivity index (χ0) is 15.2. The molecule has 21 heavy (non-hydrogen) atoms. The maximum Gasteiger partial charge on any atom is 0.325 e. The lowest BCUT2D eigenvalue weighted by Crippen LogP contribution is -2.51. The van der Waals surface area contributed by atoms with Crippen molar-refractivity contribution in [2.75, 3.05) is 40.5 Å². The number of ether oxygens (including phenoxy) is 3. The molecule has 1 saturated heterocycles. The number of nitrogens with zero attached hydrogens (tertiary/aromatic N) is 1. The van der Waals surface area contributed by atoms with E-state index in [0.717, 1.165) is 5.56 Å². The minimum Gasteiger partial charge on any atom is -0.497 e. The van der Waals surface area contributed by atoms with Crippen molar-refractivity contribution < 1.29 is 24.1 Å². The molecule has 0 amide bonds. The van der Waals surface area contributed by atoms with Crippen LogP contribution in [0.4, 0.5) is 0 Å². The predicted molar refractivity (Wildman–Crippen MR) is 76.1 cm³/mol. The molecule has 116 valence electrons. The lowest BCUT2D eigenvalue weighted by Gasteiger charge is -2.34. The van der Waals surface area contributed by atoms with Crippen molar-refractivity contribution in [1.29, 1.82) is 0 Å². The molecule has 1 aliphatic heterocycles. The Balaban J connectivity index is 2.05. The Morgan fingerprint density at radius 3 is 3.05 bits per heavy atom. The molecule has 1 aromatic carbocycles. The number of benzene rings is 1. The number of aliphatic hydroxyl groups excluding tert-OH is 1. The highest BCUT2D eigenvalue weighted by atomic mass is 16.5. The van der Waals surface area contributed by atoms with Crippen molar-refractivity contribution in [2.45, 2.75) is 12.1 Å². The molecule has 0 spiro atoms. The summed E-state index contributed by atoms with van der Waals surface area (Å²) < 4.78 is 15.2. The minimum atomic E-state index is -0.703. The van der Waals surface area contributed by atoms with Crippen LogP contribution in [0.1, 0.15) is 11.7 Å². The van der Waals surface area contributed by atoms with Gasteiger partial charge in [0.05, 0.1) is 33.5 Å². The summed E-state index contributed by atoms with van der Waals surface area (Å²) in [5.41, 5.74) is 0.754. The number of methoxy groups -OCH3 is 2. The van der Waals surface area contributed by atoms with Crippen LogP contribution in [0.15, 0.2) is 24.3 Å². The number of carbonyl (C=O) groups is 1. The number of hydrogen-bond acceptors (Lipinski definition) is 6. The van der Waals surface area contributed by atoms with Crippen LogP contribution in [0, 0.1) is 0 Å². The molecule has 6 nitrogen and oxygen atoms in total. The first-order valence-electron chi connectivity index (χ1n) is 6.87. The van der Waals surface area contributed by atoms with Crippen LogP contribution in [0.5, 0.6) is 5.75 Å². The van der Waals surface area contributed by atoms with Crippen LogP contribution in [0.25, 0.3) is 0 Å². The number of morpholine rings is 1. The molecular weight excluding hydrogens is 274 g/mol. The molecule has 6 heteroatoms. The van der Waals surface area contributed by atoms with Crippen LogP contribution in [-0.4, -0.2) is 62.5 Å². The average Bonchev–Trinajstić information content (AvgIpc) is 2.54. The maximum atomic E-state index is 11.8. The van der Waals surface area contributed by atoms with Gasteiger partial charge in [-0.3, -0.25) is 9.69 Å². The normalized spacial score (nSPS) is 20.8. The maximum absolute atomic E-state index is 11.8. The standard InChI is InChI=1S/C15H21NO5/c1-19-12-5-3-4-11(8-12)14(17)9-16-6-7-21-10-13(16)15(18)20-2/h3-5,8,13-14,17H,6-7,9-10H2,1-2H3. The predicted octanol–water partition coefficient (Wildman–Crippen LogP) is 0.602. The number of carbonyl (C=O) groups excluding carboxylic acids is 1. The average molecular weight is 295 g/mol. The molecule has 1 aromatic rings. The first-order valence-corrected chi connectivity index (χ1v) is 6.87. The van der Waals surface area contributed by atoms with Gasteiger partial charge in [-0.15, -0.1) is 0 Å². The van der Waals surface area contributed by atoms with E-state index in [9.17, 15) is 9.90 Å². The fraction of sp³-hybridized carbons (Fsp3) is 0.533. The van der Waals surface area contributed by atoms with E-state index in [2.05, 4.69) is 0 Å². The van der Waals surface area contributed by atoms with E-state index < -0.39 is 12.1 Å². The Kier molecular flexibility index (Phi) is 5.55. The Labute approximate surface area is 124 Å². The van der Waals surface area contributed by atoms with E-state index in [-0.39, 0.29) is 12.6 Å². The number of hydrogen-bond donors (Lipinski definition) is 1. The summed E-state index contributed by atoms with van der Waals surface area (Å²) in [6, 6.07) is 6.81. The van der Waals surface area contributed by atoms with Crippen molar-refractivity contribution in [3.05, 3.63) is 29.8 Å². The third-order valence-electron chi connectivity index (χ3n) is 3.60. The van der Waals surface area contributed by atoms with E-state index in [0.29, 0.717) is 25.4 Å². The van der Waals surface area contributed by atoms with E-state index >= 15 is 0 Å². The summed E-state index contributed by atoms with van der Waals surface area (Å²) in [5.74, 6) is 0.352. The highest BCUT2D eigenvalue weighted by Crippen LogP contribution is 2.21. The van der Waals surface area contributed by atoms with Crippen molar-refractivity contribution in [3.63, 3.8) is 0 Å². The summed E-state index contributed by atoms with van der Waals surface area (Å²) in [7, 11) is 2.94. The third-order valence-corrected chi connectivity index (χ3v) is 3.60. The largest absolute Gasteiger partial charge is 0.497 e. The quantitative estimate of drug-likeness (QED) is 0.803. The molecular formula is C15H21NO5. The first-order chi connectivity index (χ1) is 10.2. The fourth-order valence-corrected chi connectivity index (χ4v) is 2.39. The van der Waals surface area contributed by atoms with Crippen molar-refractivity contribution in [3.8, 4) is 5.75 Å². The van der Waals surface area contributed by atoms with E-state index in [1.807, 2.05) is 23.1 Å². The number of rotatable bonds is 5. The minimum absolute atomic E-state index is 0.289. The zero-order valence-corrected chi connectivity index (χ0v) is 12.3. The molecule has 1 N–H and O–H groups in total. The van der Waals surface area contributed by atoms with E-state index in [1.165, 1.54) is 7.11 Å². The molecule has 0 radical (unpaired) electrons. The first kappa shape index (κ1) is 15.8. The van der Waals surface area contributed by atoms with Gasteiger partial charge >= 0.3 is 5.97 Å². The van der Waals surface area contributed by atoms with Crippen LogP contribution < -0.4 is 4.74 Å². The molecule has 2 atom stereocenters. The summed E-state index contributed by atoms with van der Waals surface area (Å²) in [4.78, 5) is 13.6. The van der Waals surface area contributed by atoms with Gasteiger partial charge in [0.1, 0.15) is 11.8 Å². The molecule has 0 aliphatic carbocycles. The number of esters is 1. The molecule has 0 saturated carbocycles. The second kappa shape index (κ2) is 7.40. The lowest BCUT2D eigenvalue weighted by molar-refractivity contribution is -0.154. The van der Waals surface area contributed by atoms with E-state index in [4.69, 9.17) is 14.2 Å². The van der Waals surface area contributed by atoms with Gasteiger partial charge in [-0.05, 0) is 17.7 Å². The number of aliphatic hydroxyl groups is 1. The van der Waals surface area contributed by atoms with Crippen LogP contribution >= 0.6 is 0 Å². The topological polar surface area (TPSA) is 68.2 Å². The van der Waals surface area contributed by atoms with Crippen molar-refractivity contribution >= 4 is 5.97 Å². The molecule has 0 aromatic heterocycles. The molecule has 2 rings (SSSR count). The van der Waals surface area contributed by atoms with Gasteiger partial charge < -0.3 is 19.3 Å². The van der Waals surface area contributed by atoms with Gasteiger partial charge in [0.15, 0.2) is 0 Å². The monoisotopic (exact) mass is 295 g/mol. The molecule has 2 unspecified atom stereocenters. The van der Waals surface area contributed by atoms with Gasteiger partial charge in [-0.1, -0.05) is 12.1 Å². The third kappa shape index (κ3) is 3.93. The van der Waals surface area contributed by atoms with Gasteiger partial charge in [0.2, 0.25) is 0 Å². The molecule has 1 fully saturated rings. The van der Waals surface area contributed by atoms with Crippen LogP contribution in [0.2, 0.25) is 0 Å². The Bertz CT molecular complexity index is 479. The van der Waals surface area contributed by atoms with Gasteiger partial charge in [0, 0.05) is 13.1 Å². The summed E-state index contributed by atoms with van der Waals surface area (Å²) in [6.07, 6.45) is -0.703. The van der Waals surface area contributed by atoms with Gasteiger partial charge in [0.25, 0.3) is 0 Å². The highest BCUT2D eigenvalue weighted by molar-refractivity contribution is 5.75.